The maximum atomic E-state index is 3.81. The summed E-state index contributed by atoms with van der Waals surface area (Å²) in [6, 6.07) is 44.5. The monoisotopic (exact) mass is 613 g/mol. The number of para-hydroxylation sites is 3. The van der Waals surface area contributed by atoms with Crippen LogP contribution in [-0.4, -0.2) is 7.28 Å². The van der Waals surface area contributed by atoms with Gasteiger partial charge >= 0.3 is 0 Å². The van der Waals surface area contributed by atoms with E-state index in [1.54, 1.807) is 0 Å². The summed E-state index contributed by atoms with van der Waals surface area (Å²) in [7, 11) is 2.42. The number of fused-ring (bicyclic) bond motifs is 6. The van der Waals surface area contributed by atoms with Crippen LogP contribution in [0.4, 0.5) is 28.4 Å². The third-order valence-electron chi connectivity index (χ3n) is 9.34. The van der Waals surface area contributed by atoms with Crippen molar-refractivity contribution < 1.29 is 0 Å². The van der Waals surface area contributed by atoms with Gasteiger partial charge in [-0.05, 0) is 83.2 Å². The molecule has 2 nitrogen and oxygen atoms in total. The van der Waals surface area contributed by atoms with Crippen molar-refractivity contribution in [3.63, 3.8) is 0 Å². The van der Waals surface area contributed by atoms with Crippen LogP contribution in [0, 0.1) is 6.92 Å². The average Bonchev–Trinajstić information content (AvgIpc) is 3.05. The largest absolute Gasteiger partial charge is 0.355 e. The molecule has 3 heterocycles. The summed E-state index contributed by atoms with van der Waals surface area (Å²) in [5.74, 6) is 0. The Labute approximate surface area is 274 Å². The van der Waals surface area contributed by atoms with Crippen LogP contribution in [0.1, 0.15) is 30.5 Å². The second kappa shape index (κ2) is 10.1. The molecule has 45 heavy (non-hydrogen) atoms. The van der Waals surface area contributed by atoms with Gasteiger partial charge in [-0.1, -0.05) is 116 Å². The van der Waals surface area contributed by atoms with E-state index in [1.807, 2.05) is 23.5 Å². The molecular weight excluding hydrogens is 583 g/mol. The van der Waals surface area contributed by atoms with Crippen molar-refractivity contribution in [3.05, 3.63) is 138 Å². The zero-order valence-corrected chi connectivity index (χ0v) is 27.0. The Hall–Kier alpha value is -4.32. The lowest BCUT2D eigenvalue weighted by Gasteiger charge is -2.46. The zero-order valence-electron chi connectivity index (χ0n) is 25.4. The summed E-state index contributed by atoms with van der Waals surface area (Å²) in [6.07, 6.45) is 0. The van der Waals surface area contributed by atoms with Gasteiger partial charge in [0.25, 0.3) is 0 Å². The van der Waals surface area contributed by atoms with Crippen molar-refractivity contribution in [2.24, 2.45) is 0 Å². The second-order valence-electron chi connectivity index (χ2n) is 12.6. The van der Waals surface area contributed by atoms with Gasteiger partial charge in [-0.15, -0.1) is 0 Å². The topological polar surface area (TPSA) is 15.3 Å². The Morgan fingerprint density at radius 1 is 0.622 bits per heavy atom. The Morgan fingerprint density at radius 2 is 1.31 bits per heavy atom. The fraction of sp³-hybridized carbons (Fsp3) is 0.100. The van der Waals surface area contributed by atoms with Crippen molar-refractivity contribution in [1.82, 2.24) is 0 Å². The summed E-state index contributed by atoms with van der Waals surface area (Å²) in [4.78, 5) is 7.74. The Kier molecular flexibility index (Phi) is 6.07. The summed E-state index contributed by atoms with van der Waals surface area (Å²) in [5.41, 5.74) is 14.9. The standard InChI is InChI=1S/C40H30BN2S2/c1-24-20-27(26-22-36-37(45-35-19-10-9-18-34(35)44-36)23-31(26)42-25-12-5-4-6-13-25)38-33(21-24)43-32-17-8-7-14-28(32)40(2,3)29-15-11-16-30(41-38)39(29)43/h4-23,42H,1-3H3. The van der Waals surface area contributed by atoms with Crippen LogP contribution in [0.5, 0.6) is 0 Å². The van der Waals surface area contributed by atoms with Crippen molar-refractivity contribution in [3.8, 4) is 11.1 Å². The van der Waals surface area contributed by atoms with Gasteiger partial charge in [0.1, 0.15) is 0 Å². The second-order valence-corrected chi connectivity index (χ2v) is 14.8. The van der Waals surface area contributed by atoms with E-state index in [4.69, 9.17) is 0 Å². The molecule has 3 aliphatic rings. The summed E-state index contributed by atoms with van der Waals surface area (Å²) in [5, 5.41) is 3.81. The third kappa shape index (κ3) is 4.21. The van der Waals surface area contributed by atoms with Gasteiger partial charge in [0, 0.05) is 53.3 Å². The van der Waals surface area contributed by atoms with E-state index >= 15 is 0 Å². The molecule has 9 rings (SSSR count). The minimum atomic E-state index is -0.0904. The number of nitrogens with zero attached hydrogens (tertiary/aromatic N) is 1. The molecule has 0 atom stereocenters. The van der Waals surface area contributed by atoms with Crippen molar-refractivity contribution >= 4 is 70.2 Å². The Balaban J connectivity index is 1.28. The highest BCUT2D eigenvalue weighted by atomic mass is 32.2. The van der Waals surface area contributed by atoms with Crippen LogP contribution in [0.3, 0.4) is 0 Å². The molecule has 6 aromatic carbocycles. The molecule has 0 fully saturated rings. The smallest absolute Gasteiger partial charge is 0.197 e. The highest BCUT2D eigenvalue weighted by Crippen LogP contribution is 2.54. The number of nitrogens with one attached hydrogen (secondary N) is 1. The SMILES string of the molecule is Cc1cc(-c2cc3c(cc2Nc2ccccc2)Sc2ccccc2S3)c2c(c1)N1c3ccccc3C(C)(C)c3cccc(c31)[B]2. The molecule has 0 unspecified atom stereocenters. The molecule has 0 amide bonds. The van der Waals surface area contributed by atoms with E-state index in [2.05, 4.69) is 160 Å². The number of hydrogen-bond donors (Lipinski definition) is 1. The maximum absolute atomic E-state index is 3.81. The van der Waals surface area contributed by atoms with Crippen molar-refractivity contribution in [2.45, 2.75) is 45.8 Å². The van der Waals surface area contributed by atoms with Crippen LogP contribution >= 0.6 is 23.5 Å². The van der Waals surface area contributed by atoms with E-state index < -0.39 is 0 Å². The van der Waals surface area contributed by atoms with Gasteiger partial charge in [0.2, 0.25) is 0 Å². The molecule has 0 spiro atoms. The predicted octanol–water partition coefficient (Wildman–Crippen LogP) is 10.1. The number of hydrogen-bond acceptors (Lipinski definition) is 4. The minimum absolute atomic E-state index is 0.0904. The summed E-state index contributed by atoms with van der Waals surface area (Å²) in [6.45, 7) is 6.95. The first kappa shape index (κ1) is 27.0. The molecule has 1 radical (unpaired) electrons. The molecule has 1 N–H and O–H groups in total. The van der Waals surface area contributed by atoms with E-state index in [1.165, 1.54) is 75.4 Å². The molecular formula is C40H30BN2S2. The first-order chi connectivity index (χ1) is 22.0. The van der Waals surface area contributed by atoms with E-state index in [9.17, 15) is 0 Å². The van der Waals surface area contributed by atoms with Crippen LogP contribution in [0.2, 0.25) is 0 Å². The van der Waals surface area contributed by atoms with E-state index in [0.717, 1.165) is 11.4 Å². The zero-order chi connectivity index (χ0) is 30.3. The first-order valence-corrected chi connectivity index (χ1v) is 17.1. The van der Waals surface area contributed by atoms with Gasteiger partial charge in [-0.25, -0.2) is 0 Å². The highest BCUT2D eigenvalue weighted by Gasteiger charge is 2.41. The molecule has 0 aromatic heterocycles. The highest BCUT2D eigenvalue weighted by molar-refractivity contribution is 8.05. The number of rotatable bonds is 3. The Bertz CT molecular complexity index is 2170. The average molecular weight is 614 g/mol. The lowest BCUT2D eigenvalue weighted by atomic mass is 9.56. The molecule has 5 heteroatoms. The van der Waals surface area contributed by atoms with Crippen LogP contribution in [0.25, 0.3) is 11.1 Å². The van der Waals surface area contributed by atoms with Crippen LogP contribution in [-0.2, 0) is 5.41 Å². The van der Waals surface area contributed by atoms with Gasteiger partial charge < -0.3 is 10.2 Å². The first-order valence-electron chi connectivity index (χ1n) is 15.4. The van der Waals surface area contributed by atoms with Gasteiger partial charge in [0.15, 0.2) is 7.28 Å². The van der Waals surface area contributed by atoms with Gasteiger partial charge in [-0.3, -0.25) is 0 Å². The lowest BCUT2D eigenvalue weighted by Crippen LogP contribution is -2.45. The number of aryl methyl sites for hydroxylation is 1. The lowest BCUT2D eigenvalue weighted by molar-refractivity contribution is 0.632. The maximum Gasteiger partial charge on any atom is 0.197 e. The molecule has 0 bridgehead atoms. The van der Waals surface area contributed by atoms with Crippen LogP contribution < -0.4 is 21.1 Å². The van der Waals surface area contributed by atoms with Crippen molar-refractivity contribution in [1.29, 1.82) is 0 Å². The number of anilines is 5. The molecule has 0 saturated heterocycles. The Morgan fingerprint density at radius 3 is 2.11 bits per heavy atom. The van der Waals surface area contributed by atoms with E-state index in [-0.39, 0.29) is 5.41 Å². The molecule has 215 valence electrons. The number of benzene rings is 6. The minimum Gasteiger partial charge on any atom is -0.355 e. The molecule has 6 aromatic rings. The van der Waals surface area contributed by atoms with Gasteiger partial charge in [-0.2, -0.15) is 0 Å². The molecule has 3 aliphatic heterocycles. The van der Waals surface area contributed by atoms with Crippen LogP contribution in [0.15, 0.2) is 141 Å². The quantitative estimate of drug-likeness (QED) is 0.199. The fourth-order valence-corrected chi connectivity index (χ4v) is 9.49. The predicted molar refractivity (Wildman–Crippen MR) is 193 cm³/mol. The third-order valence-corrected chi connectivity index (χ3v) is 11.9. The van der Waals surface area contributed by atoms with Gasteiger partial charge in [0.05, 0.1) is 5.69 Å². The summed E-state index contributed by atoms with van der Waals surface area (Å²) < 4.78 is 0. The normalized spacial score (nSPS) is 14.7. The van der Waals surface area contributed by atoms with Crippen molar-refractivity contribution in [2.75, 3.05) is 10.2 Å². The molecule has 0 aliphatic carbocycles. The summed E-state index contributed by atoms with van der Waals surface area (Å²) >= 11 is 3.74. The fourth-order valence-electron chi connectivity index (χ4n) is 7.22. The molecule has 0 saturated carbocycles. The van der Waals surface area contributed by atoms with E-state index in [0.29, 0.717) is 0 Å².